The number of amides is 1. The van der Waals surface area contributed by atoms with E-state index >= 15 is 0 Å². The maximum atomic E-state index is 12.7. The van der Waals surface area contributed by atoms with Gasteiger partial charge in [-0.3, -0.25) is 4.79 Å². The summed E-state index contributed by atoms with van der Waals surface area (Å²) in [5, 5.41) is 0.665. The van der Waals surface area contributed by atoms with Gasteiger partial charge in [0.05, 0.1) is 17.6 Å². The highest BCUT2D eigenvalue weighted by atomic mass is 35.5. The summed E-state index contributed by atoms with van der Waals surface area (Å²) < 4.78 is 2.04. The van der Waals surface area contributed by atoms with Crippen molar-refractivity contribution in [3.8, 4) is 12.3 Å². The zero-order valence-corrected chi connectivity index (χ0v) is 15.2. The highest BCUT2D eigenvalue weighted by molar-refractivity contribution is 6.31. The molecule has 130 valence electrons. The normalized spacial score (nSPS) is 17.0. The van der Waals surface area contributed by atoms with E-state index in [2.05, 4.69) is 5.92 Å². The van der Waals surface area contributed by atoms with Gasteiger partial charge in [-0.15, -0.1) is 6.42 Å². The average Bonchev–Trinajstić information content (AvgIpc) is 3.19. The fourth-order valence-electron chi connectivity index (χ4n) is 3.67. The first kappa shape index (κ1) is 16.7. The lowest BCUT2D eigenvalue weighted by Crippen LogP contribution is -2.25. The van der Waals surface area contributed by atoms with E-state index in [9.17, 15) is 4.79 Å². The molecule has 1 saturated heterocycles. The fourth-order valence-corrected chi connectivity index (χ4v) is 3.83. The van der Waals surface area contributed by atoms with Crippen LogP contribution in [-0.4, -0.2) is 22.0 Å². The summed E-state index contributed by atoms with van der Waals surface area (Å²) in [5.41, 5.74) is 3.69. The summed E-state index contributed by atoms with van der Waals surface area (Å²) >= 11 is 6.24. The smallest absolute Gasteiger partial charge is 0.227 e. The summed E-state index contributed by atoms with van der Waals surface area (Å²) in [5.74, 6) is 3.66. The van der Waals surface area contributed by atoms with E-state index in [0.29, 0.717) is 24.5 Å². The van der Waals surface area contributed by atoms with Gasteiger partial charge in [0.25, 0.3) is 0 Å². The molecule has 5 heteroatoms. The number of para-hydroxylation sites is 2. The number of halogens is 1. The first-order valence-electron chi connectivity index (χ1n) is 8.54. The second-order valence-corrected chi connectivity index (χ2v) is 6.95. The molecule has 0 radical (unpaired) electrons. The Hall–Kier alpha value is -2.77. The molecule has 1 aliphatic rings. The topological polar surface area (TPSA) is 38.1 Å². The van der Waals surface area contributed by atoms with E-state index < -0.39 is 0 Å². The molecule has 2 heterocycles. The van der Waals surface area contributed by atoms with Crippen LogP contribution in [0.25, 0.3) is 11.0 Å². The van der Waals surface area contributed by atoms with Crippen molar-refractivity contribution >= 4 is 34.2 Å². The van der Waals surface area contributed by atoms with Gasteiger partial charge in [-0.2, -0.15) is 0 Å². The summed E-state index contributed by atoms with van der Waals surface area (Å²) in [7, 11) is 0. The predicted octanol–water partition coefficient (Wildman–Crippen LogP) is 4.15. The Morgan fingerprint density at radius 3 is 2.88 bits per heavy atom. The van der Waals surface area contributed by atoms with Crippen LogP contribution in [0.3, 0.4) is 0 Å². The van der Waals surface area contributed by atoms with Crippen molar-refractivity contribution in [1.82, 2.24) is 9.55 Å². The number of benzene rings is 2. The Bertz CT molecular complexity index is 1050. The van der Waals surface area contributed by atoms with E-state index in [1.54, 1.807) is 0 Å². The first-order valence-corrected chi connectivity index (χ1v) is 8.92. The number of aromatic nitrogens is 2. The number of hydrogen-bond acceptors (Lipinski definition) is 2. The molecular weight excluding hydrogens is 346 g/mol. The molecule has 0 N–H and O–H groups in total. The van der Waals surface area contributed by atoms with Gasteiger partial charge >= 0.3 is 0 Å². The number of hydrogen-bond donors (Lipinski definition) is 0. The molecule has 26 heavy (non-hydrogen) atoms. The Balaban J connectivity index is 1.74. The van der Waals surface area contributed by atoms with Crippen LogP contribution >= 0.6 is 11.6 Å². The van der Waals surface area contributed by atoms with Crippen LogP contribution < -0.4 is 4.90 Å². The molecule has 1 aliphatic heterocycles. The Morgan fingerprint density at radius 1 is 1.27 bits per heavy atom. The van der Waals surface area contributed by atoms with Crippen LogP contribution in [-0.2, 0) is 11.3 Å². The molecule has 3 aromatic rings. The lowest BCUT2D eigenvalue weighted by molar-refractivity contribution is -0.117. The van der Waals surface area contributed by atoms with Gasteiger partial charge < -0.3 is 9.47 Å². The van der Waals surface area contributed by atoms with Crippen LogP contribution in [0.1, 0.15) is 23.7 Å². The largest absolute Gasteiger partial charge is 0.316 e. The van der Waals surface area contributed by atoms with Gasteiger partial charge in [-0.25, -0.2) is 4.98 Å². The van der Waals surface area contributed by atoms with Crippen LogP contribution in [0, 0.1) is 19.3 Å². The lowest BCUT2D eigenvalue weighted by atomic mass is 10.1. The minimum Gasteiger partial charge on any atom is -0.316 e. The number of carbonyl (C=O) groups is 1. The molecule has 4 rings (SSSR count). The molecule has 0 aliphatic carbocycles. The van der Waals surface area contributed by atoms with Gasteiger partial charge in [-0.05, 0) is 36.8 Å². The second-order valence-electron chi connectivity index (χ2n) is 6.54. The van der Waals surface area contributed by atoms with Crippen LogP contribution in [0.15, 0.2) is 42.5 Å². The number of terminal acetylenes is 1. The maximum absolute atomic E-state index is 12.7. The predicted molar refractivity (Wildman–Crippen MR) is 104 cm³/mol. The van der Waals surface area contributed by atoms with E-state index in [-0.39, 0.29) is 11.8 Å². The highest BCUT2D eigenvalue weighted by Crippen LogP contribution is 2.35. The molecule has 1 amide bonds. The number of anilines is 1. The van der Waals surface area contributed by atoms with E-state index in [1.165, 1.54) is 0 Å². The van der Waals surface area contributed by atoms with Crippen LogP contribution in [0.5, 0.6) is 0 Å². The summed E-state index contributed by atoms with van der Waals surface area (Å²) in [4.78, 5) is 19.3. The molecule has 1 fully saturated rings. The van der Waals surface area contributed by atoms with Crippen LogP contribution in [0.4, 0.5) is 5.69 Å². The monoisotopic (exact) mass is 363 g/mol. The lowest BCUT2D eigenvalue weighted by Gasteiger charge is -2.20. The molecule has 1 unspecified atom stereocenters. The highest BCUT2D eigenvalue weighted by Gasteiger charge is 2.35. The third kappa shape index (κ3) is 2.65. The maximum Gasteiger partial charge on any atom is 0.227 e. The van der Waals surface area contributed by atoms with Crippen molar-refractivity contribution in [3.05, 3.63) is 58.9 Å². The van der Waals surface area contributed by atoms with E-state index in [1.807, 2.05) is 58.9 Å². The van der Waals surface area contributed by atoms with Crippen molar-refractivity contribution < 1.29 is 4.79 Å². The fraction of sp³-hybridized carbons (Fsp3) is 0.238. The Morgan fingerprint density at radius 2 is 2.08 bits per heavy atom. The average molecular weight is 364 g/mol. The molecule has 1 aromatic heterocycles. The van der Waals surface area contributed by atoms with Gasteiger partial charge in [0.1, 0.15) is 5.82 Å². The van der Waals surface area contributed by atoms with E-state index in [0.717, 1.165) is 28.1 Å². The van der Waals surface area contributed by atoms with Gasteiger partial charge in [0.15, 0.2) is 0 Å². The number of carbonyl (C=O) groups excluding carboxylic acids is 1. The molecule has 0 saturated carbocycles. The summed E-state index contributed by atoms with van der Waals surface area (Å²) in [6, 6.07) is 13.6. The number of fused-ring (bicyclic) bond motifs is 1. The molecule has 1 atom stereocenters. The quantitative estimate of drug-likeness (QED) is 0.655. The summed E-state index contributed by atoms with van der Waals surface area (Å²) in [6.07, 6.45) is 5.99. The third-order valence-corrected chi connectivity index (χ3v) is 5.36. The Kier molecular flexibility index (Phi) is 4.18. The molecule has 0 spiro atoms. The van der Waals surface area contributed by atoms with Gasteiger partial charge in [0, 0.05) is 29.6 Å². The number of nitrogens with zero attached hydrogens (tertiary/aromatic N) is 3. The molecule has 2 aromatic carbocycles. The third-order valence-electron chi connectivity index (χ3n) is 4.95. The standard InChI is InChI=1S/C21H18ClN3O/c1-3-11-24-19-9-5-4-8-17(19)23-21(24)15-12-20(26)25(13-15)18-10-6-7-16(22)14(18)2/h1,4-10,15H,11-13H2,2H3. The van der Waals surface area contributed by atoms with Crippen molar-refractivity contribution in [2.24, 2.45) is 0 Å². The Labute approximate surface area is 157 Å². The number of imidazole rings is 1. The molecule has 4 nitrogen and oxygen atoms in total. The van der Waals surface area contributed by atoms with Crippen molar-refractivity contribution in [3.63, 3.8) is 0 Å². The number of rotatable bonds is 3. The van der Waals surface area contributed by atoms with Crippen molar-refractivity contribution in [2.75, 3.05) is 11.4 Å². The minimum absolute atomic E-state index is 0.00151. The van der Waals surface area contributed by atoms with Gasteiger partial charge in [0.2, 0.25) is 5.91 Å². The minimum atomic E-state index is 0.00151. The summed E-state index contributed by atoms with van der Waals surface area (Å²) in [6.45, 7) is 2.95. The van der Waals surface area contributed by atoms with Crippen molar-refractivity contribution in [2.45, 2.75) is 25.8 Å². The van der Waals surface area contributed by atoms with E-state index in [4.69, 9.17) is 23.0 Å². The van der Waals surface area contributed by atoms with Crippen LogP contribution in [0.2, 0.25) is 5.02 Å². The van der Waals surface area contributed by atoms with Crippen molar-refractivity contribution in [1.29, 1.82) is 0 Å². The second kappa shape index (κ2) is 6.51. The zero-order chi connectivity index (χ0) is 18.3. The van der Waals surface area contributed by atoms with Gasteiger partial charge in [-0.1, -0.05) is 35.7 Å². The SMILES string of the molecule is C#CCn1c(C2CC(=O)N(c3cccc(Cl)c3C)C2)nc2ccccc21. The molecular formula is C21H18ClN3O. The zero-order valence-electron chi connectivity index (χ0n) is 14.4. The molecule has 0 bridgehead atoms. The first-order chi connectivity index (χ1) is 12.6.